The highest BCUT2D eigenvalue weighted by Gasteiger charge is 2.52. The summed E-state index contributed by atoms with van der Waals surface area (Å²) in [5, 5.41) is 3.98. The minimum Gasteiger partial charge on any atom is -0.361 e. The first-order chi connectivity index (χ1) is 13.0. The van der Waals surface area contributed by atoms with Crippen LogP contribution in [-0.2, 0) is 17.8 Å². The molecule has 0 aliphatic carbocycles. The molecule has 2 aliphatic rings. The average Bonchev–Trinajstić information content (AvgIpc) is 3.36. The van der Waals surface area contributed by atoms with Gasteiger partial charge in [-0.25, -0.2) is 0 Å². The summed E-state index contributed by atoms with van der Waals surface area (Å²) in [5.41, 5.74) is 1.68. The Kier molecular flexibility index (Phi) is 4.45. The molecule has 0 saturated carbocycles. The first-order valence-electron chi connectivity index (χ1n) is 9.48. The van der Waals surface area contributed by atoms with Crippen molar-refractivity contribution in [2.45, 2.75) is 39.7 Å². The van der Waals surface area contributed by atoms with Gasteiger partial charge in [-0.05, 0) is 38.3 Å². The zero-order valence-electron chi connectivity index (χ0n) is 15.8. The van der Waals surface area contributed by atoms with E-state index >= 15 is 0 Å². The van der Waals surface area contributed by atoms with Crippen molar-refractivity contribution >= 4 is 11.8 Å². The quantitative estimate of drug-likeness (QED) is 0.827. The van der Waals surface area contributed by atoms with Crippen LogP contribution < -0.4 is 0 Å². The van der Waals surface area contributed by atoms with Crippen LogP contribution in [0.25, 0.3) is 0 Å². The summed E-state index contributed by atoms with van der Waals surface area (Å²) in [5.74, 6) is 0.618. The molecule has 1 unspecified atom stereocenters. The van der Waals surface area contributed by atoms with Crippen molar-refractivity contribution in [3.8, 4) is 0 Å². The zero-order valence-corrected chi connectivity index (χ0v) is 15.8. The molecule has 27 heavy (non-hydrogen) atoms. The van der Waals surface area contributed by atoms with Crippen LogP contribution in [0.1, 0.15) is 47.3 Å². The molecule has 2 aromatic heterocycles. The Morgan fingerprint density at radius 3 is 2.85 bits per heavy atom. The largest absolute Gasteiger partial charge is 0.361 e. The minimum atomic E-state index is -0.456. The number of hydrogen-bond donors (Lipinski definition) is 0. The molecule has 7 nitrogen and oxygen atoms in total. The lowest BCUT2D eigenvalue weighted by Crippen LogP contribution is -2.38. The summed E-state index contributed by atoms with van der Waals surface area (Å²) < 4.78 is 5.21. The van der Waals surface area contributed by atoms with Gasteiger partial charge >= 0.3 is 0 Å². The van der Waals surface area contributed by atoms with E-state index in [0.29, 0.717) is 56.0 Å². The van der Waals surface area contributed by atoms with Crippen LogP contribution in [0, 0.1) is 12.3 Å². The van der Waals surface area contributed by atoms with Crippen LogP contribution in [0.3, 0.4) is 0 Å². The Morgan fingerprint density at radius 1 is 1.30 bits per heavy atom. The Labute approximate surface area is 158 Å². The van der Waals surface area contributed by atoms with Crippen LogP contribution >= 0.6 is 0 Å². The maximum Gasteiger partial charge on any atom is 0.259 e. The standard InChI is InChI=1S/C20H24N4O3/c1-3-16-17(14(2)27-22-16)18(25)24-11-8-20(13-24)7-10-23(19(20)26)12-15-6-4-5-9-21-15/h4-6,9H,3,7-8,10-13H2,1-2H3. The molecule has 2 saturated heterocycles. The lowest BCUT2D eigenvalue weighted by atomic mass is 9.85. The van der Waals surface area contributed by atoms with Crippen molar-refractivity contribution < 1.29 is 14.1 Å². The summed E-state index contributed by atoms with van der Waals surface area (Å²) >= 11 is 0. The normalized spacial score (nSPS) is 22.2. The molecule has 2 aliphatic heterocycles. The molecule has 0 aromatic carbocycles. The molecule has 7 heteroatoms. The number of aromatic nitrogens is 2. The number of aryl methyl sites for hydroxylation is 2. The highest BCUT2D eigenvalue weighted by molar-refractivity contribution is 5.97. The Bertz CT molecular complexity index is 863. The molecule has 0 bridgehead atoms. The van der Waals surface area contributed by atoms with E-state index in [2.05, 4.69) is 10.1 Å². The van der Waals surface area contributed by atoms with E-state index < -0.39 is 5.41 Å². The molecule has 2 amide bonds. The maximum absolute atomic E-state index is 13.1. The second kappa shape index (κ2) is 6.79. The number of hydrogen-bond acceptors (Lipinski definition) is 5. The number of nitrogens with zero attached hydrogens (tertiary/aromatic N) is 4. The van der Waals surface area contributed by atoms with Crippen molar-refractivity contribution in [1.82, 2.24) is 19.9 Å². The second-order valence-electron chi connectivity index (χ2n) is 7.47. The molecular formula is C20H24N4O3. The number of pyridine rings is 1. The van der Waals surface area contributed by atoms with E-state index in [0.717, 1.165) is 12.1 Å². The van der Waals surface area contributed by atoms with E-state index in [4.69, 9.17) is 4.52 Å². The molecule has 1 spiro atoms. The number of rotatable bonds is 4. The minimum absolute atomic E-state index is 0.0709. The van der Waals surface area contributed by atoms with Gasteiger partial charge in [0.2, 0.25) is 5.91 Å². The Balaban J connectivity index is 1.48. The molecular weight excluding hydrogens is 344 g/mol. The zero-order chi connectivity index (χ0) is 19.0. The number of amides is 2. The Hall–Kier alpha value is -2.70. The van der Waals surface area contributed by atoms with E-state index in [-0.39, 0.29) is 11.8 Å². The van der Waals surface area contributed by atoms with Crippen molar-refractivity contribution in [2.24, 2.45) is 5.41 Å². The monoisotopic (exact) mass is 368 g/mol. The lowest BCUT2D eigenvalue weighted by Gasteiger charge is -2.23. The summed E-state index contributed by atoms with van der Waals surface area (Å²) in [4.78, 5) is 34.1. The van der Waals surface area contributed by atoms with Gasteiger partial charge in [0.15, 0.2) is 0 Å². The van der Waals surface area contributed by atoms with Gasteiger partial charge < -0.3 is 14.3 Å². The van der Waals surface area contributed by atoms with Crippen molar-refractivity contribution in [3.05, 3.63) is 47.1 Å². The van der Waals surface area contributed by atoms with Gasteiger partial charge in [0.1, 0.15) is 11.3 Å². The number of likely N-dealkylation sites (tertiary alicyclic amines) is 2. The predicted molar refractivity (Wildman–Crippen MR) is 97.8 cm³/mol. The predicted octanol–water partition coefficient (Wildman–Crippen LogP) is 2.21. The average molecular weight is 368 g/mol. The fourth-order valence-electron chi connectivity index (χ4n) is 4.25. The fraction of sp³-hybridized carbons (Fsp3) is 0.500. The summed E-state index contributed by atoms with van der Waals surface area (Å²) in [7, 11) is 0. The topological polar surface area (TPSA) is 79.5 Å². The van der Waals surface area contributed by atoms with Gasteiger partial charge in [0.05, 0.1) is 23.3 Å². The summed E-state index contributed by atoms with van der Waals surface area (Å²) in [6.45, 7) is 6.02. The van der Waals surface area contributed by atoms with E-state index in [9.17, 15) is 9.59 Å². The third-order valence-electron chi connectivity index (χ3n) is 5.80. The first kappa shape index (κ1) is 17.7. The van der Waals surface area contributed by atoms with Gasteiger partial charge in [0, 0.05) is 25.8 Å². The van der Waals surface area contributed by atoms with E-state index in [1.54, 1.807) is 18.0 Å². The van der Waals surface area contributed by atoms with Crippen LogP contribution in [0.4, 0.5) is 0 Å². The van der Waals surface area contributed by atoms with Crippen LogP contribution in [0.15, 0.2) is 28.9 Å². The van der Waals surface area contributed by atoms with Gasteiger partial charge in [-0.3, -0.25) is 14.6 Å². The molecule has 2 fully saturated rings. The van der Waals surface area contributed by atoms with Crippen molar-refractivity contribution in [3.63, 3.8) is 0 Å². The smallest absolute Gasteiger partial charge is 0.259 e. The molecule has 4 heterocycles. The van der Waals surface area contributed by atoms with Crippen molar-refractivity contribution in [2.75, 3.05) is 19.6 Å². The molecule has 1 atom stereocenters. The van der Waals surface area contributed by atoms with E-state index in [1.807, 2.05) is 30.0 Å². The van der Waals surface area contributed by atoms with Crippen molar-refractivity contribution in [1.29, 1.82) is 0 Å². The molecule has 0 N–H and O–H groups in total. The third kappa shape index (κ3) is 3.01. The molecule has 4 rings (SSSR count). The molecule has 0 radical (unpaired) electrons. The molecule has 2 aromatic rings. The highest BCUT2D eigenvalue weighted by Crippen LogP contribution is 2.41. The maximum atomic E-state index is 13.1. The fourth-order valence-corrected chi connectivity index (χ4v) is 4.25. The van der Waals surface area contributed by atoms with Gasteiger partial charge in [-0.15, -0.1) is 0 Å². The van der Waals surface area contributed by atoms with Crippen LogP contribution in [0.2, 0.25) is 0 Å². The van der Waals surface area contributed by atoms with E-state index in [1.165, 1.54) is 0 Å². The number of carbonyl (C=O) groups is 2. The van der Waals surface area contributed by atoms with Gasteiger partial charge in [-0.1, -0.05) is 18.1 Å². The second-order valence-corrected chi connectivity index (χ2v) is 7.47. The van der Waals surface area contributed by atoms with Gasteiger partial charge in [-0.2, -0.15) is 0 Å². The highest BCUT2D eigenvalue weighted by atomic mass is 16.5. The van der Waals surface area contributed by atoms with Crippen LogP contribution in [0.5, 0.6) is 0 Å². The summed E-state index contributed by atoms with van der Waals surface area (Å²) in [6.07, 6.45) is 3.89. The number of carbonyl (C=O) groups excluding carboxylic acids is 2. The van der Waals surface area contributed by atoms with Gasteiger partial charge in [0.25, 0.3) is 5.91 Å². The summed E-state index contributed by atoms with van der Waals surface area (Å²) in [6, 6.07) is 5.74. The lowest BCUT2D eigenvalue weighted by molar-refractivity contribution is -0.135. The Morgan fingerprint density at radius 2 is 2.11 bits per heavy atom. The SMILES string of the molecule is CCc1noc(C)c1C(=O)N1CCC2(CCN(Cc3ccccn3)C2=O)C1. The third-order valence-corrected chi connectivity index (χ3v) is 5.80. The first-order valence-corrected chi connectivity index (χ1v) is 9.48. The molecule has 142 valence electrons. The van der Waals surface area contributed by atoms with Crippen LogP contribution in [-0.4, -0.2) is 51.4 Å².